The van der Waals surface area contributed by atoms with Crippen LogP contribution in [0.4, 0.5) is 0 Å². The van der Waals surface area contributed by atoms with Crippen molar-refractivity contribution in [3.05, 3.63) is 12.3 Å². The monoisotopic (exact) mass is 249 g/mol. The fourth-order valence-corrected chi connectivity index (χ4v) is 3.89. The Bertz CT molecular complexity index is 305. The first kappa shape index (κ1) is 14.0. The molecule has 18 heavy (non-hydrogen) atoms. The highest BCUT2D eigenvalue weighted by Crippen LogP contribution is 2.49. The van der Waals surface area contributed by atoms with Crippen LogP contribution in [0.3, 0.4) is 0 Å². The molecular weight excluding hydrogens is 218 g/mol. The first-order valence-corrected chi connectivity index (χ1v) is 7.95. The van der Waals surface area contributed by atoms with Crippen LogP contribution in [0.25, 0.3) is 0 Å². The summed E-state index contributed by atoms with van der Waals surface area (Å²) in [6.07, 6.45) is 15.7. The third-order valence-electron chi connectivity index (χ3n) is 5.35. The normalized spacial score (nSPS) is 35.1. The summed E-state index contributed by atoms with van der Waals surface area (Å²) in [5.41, 5.74) is 0.941. The predicted octanol–water partition coefficient (Wildman–Crippen LogP) is 5.12. The Balaban J connectivity index is 2.11. The highest BCUT2D eigenvalue weighted by Gasteiger charge is 2.48. The summed E-state index contributed by atoms with van der Waals surface area (Å²) in [5, 5.41) is 0. The molecule has 0 saturated carbocycles. The highest BCUT2D eigenvalue weighted by molar-refractivity contribution is 5.08. The molecule has 0 radical (unpaired) electrons. The van der Waals surface area contributed by atoms with E-state index in [-0.39, 0.29) is 0 Å². The number of rotatable bonds is 4. The summed E-state index contributed by atoms with van der Waals surface area (Å²) in [4.78, 5) is 2.73. The fraction of sp³-hybridized carbons (Fsp3) is 0.882. The highest BCUT2D eigenvalue weighted by atomic mass is 15.2. The van der Waals surface area contributed by atoms with E-state index in [0.717, 1.165) is 6.04 Å². The number of fused-ring (bicyclic) bond motifs is 2. The SMILES string of the molecule is CCCC/C=C\N1C2CCCC1(C)CCC2(C)C. The maximum absolute atomic E-state index is 2.73. The van der Waals surface area contributed by atoms with Gasteiger partial charge in [0, 0.05) is 11.6 Å². The maximum Gasteiger partial charge on any atom is 0.0372 e. The van der Waals surface area contributed by atoms with Crippen molar-refractivity contribution >= 4 is 0 Å². The molecule has 0 aromatic heterocycles. The molecule has 0 amide bonds. The van der Waals surface area contributed by atoms with E-state index in [1.165, 1.54) is 51.4 Å². The molecule has 2 unspecified atom stereocenters. The lowest BCUT2D eigenvalue weighted by atomic mass is 9.64. The average molecular weight is 249 g/mol. The Labute approximate surface area is 114 Å². The van der Waals surface area contributed by atoms with Gasteiger partial charge in [0.25, 0.3) is 0 Å². The van der Waals surface area contributed by atoms with Gasteiger partial charge in [-0.2, -0.15) is 0 Å². The van der Waals surface area contributed by atoms with Gasteiger partial charge in [0.2, 0.25) is 0 Å². The second kappa shape index (κ2) is 5.27. The van der Waals surface area contributed by atoms with E-state index in [1.54, 1.807) is 0 Å². The molecular formula is C17H31N. The number of nitrogens with zero attached hydrogens (tertiary/aromatic N) is 1. The van der Waals surface area contributed by atoms with E-state index in [1.807, 2.05) is 0 Å². The van der Waals surface area contributed by atoms with Crippen LogP contribution in [0.15, 0.2) is 12.3 Å². The predicted molar refractivity (Wildman–Crippen MR) is 79.6 cm³/mol. The van der Waals surface area contributed by atoms with Crippen molar-refractivity contribution in [2.24, 2.45) is 5.41 Å². The molecule has 2 heterocycles. The van der Waals surface area contributed by atoms with Gasteiger partial charge >= 0.3 is 0 Å². The minimum absolute atomic E-state index is 0.446. The van der Waals surface area contributed by atoms with Crippen molar-refractivity contribution < 1.29 is 0 Å². The summed E-state index contributed by atoms with van der Waals surface area (Å²) < 4.78 is 0. The lowest BCUT2D eigenvalue weighted by Gasteiger charge is -2.59. The summed E-state index contributed by atoms with van der Waals surface area (Å²) in [7, 11) is 0. The molecule has 0 N–H and O–H groups in total. The number of hydrogen-bond acceptors (Lipinski definition) is 1. The lowest BCUT2D eigenvalue weighted by molar-refractivity contribution is -0.0576. The van der Waals surface area contributed by atoms with E-state index in [4.69, 9.17) is 0 Å². The van der Waals surface area contributed by atoms with Crippen molar-refractivity contribution in [2.75, 3.05) is 0 Å². The smallest absolute Gasteiger partial charge is 0.0372 e. The van der Waals surface area contributed by atoms with Crippen LogP contribution in [0, 0.1) is 5.41 Å². The quantitative estimate of drug-likeness (QED) is 0.625. The second-order valence-electron chi connectivity index (χ2n) is 7.33. The number of hydrogen-bond donors (Lipinski definition) is 0. The van der Waals surface area contributed by atoms with E-state index < -0.39 is 0 Å². The third kappa shape index (κ3) is 2.60. The largest absolute Gasteiger partial charge is 0.369 e. The molecule has 2 fully saturated rings. The molecule has 0 aromatic carbocycles. The molecule has 104 valence electrons. The molecule has 2 rings (SSSR count). The zero-order valence-electron chi connectivity index (χ0n) is 12.8. The van der Waals surface area contributed by atoms with E-state index in [2.05, 4.69) is 44.9 Å². The number of piperidine rings is 2. The summed E-state index contributed by atoms with van der Waals surface area (Å²) >= 11 is 0. The van der Waals surface area contributed by atoms with Crippen LogP contribution in [-0.2, 0) is 0 Å². The van der Waals surface area contributed by atoms with Crippen LogP contribution in [0.5, 0.6) is 0 Å². The van der Waals surface area contributed by atoms with Crippen molar-refractivity contribution in [3.63, 3.8) is 0 Å². The van der Waals surface area contributed by atoms with Gasteiger partial charge in [0.1, 0.15) is 0 Å². The fourth-order valence-electron chi connectivity index (χ4n) is 3.89. The van der Waals surface area contributed by atoms with Crippen LogP contribution in [-0.4, -0.2) is 16.5 Å². The Hall–Kier alpha value is -0.460. The molecule has 1 nitrogen and oxygen atoms in total. The molecule has 0 aliphatic carbocycles. The molecule has 0 spiro atoms. The lowest BCUT2D eigenvalue weighted by Crippen LogP contribution is -2.60. The van der Waals surface area contributed by atoms with Crippen LogP contribution in [0.2, 0.25) is 0 Å². The molecule has 2 saturated heterocycles. The Morgan fingerprint density at radius 3 is 2.67 bits per heavy atom. The zero-order chi connectivity index (χ0) is 13.2. The Kier molecular flexibility index (Phi) is 4.08. The molecule has 2 aliphatic heterocycles. The van der Waals surface area contributed by atoms with Crippen LogP contribution < -0.4 is 0 Å². The average Bonchev–Trinajstić information content (AvgIpc) is 2.32. The van der Waals surface area contributed by atoms with Crippen LogP contribution >= 0.6 is 0 Å². The van der Waals surface area contributed by atoms with Gasteiger partial charge in [-0.25, -0.2) is 0 Å². The minimum atomic E-state index is 0.446. The second-order valence-corrected chi connectivity index (χ2v) is 7.33. The van der Waals surface area contributed by atoms with Gasteiger partial charge in [0.05, 0.1) is 0 Å². The Morgan fingerprint density at radius 1 is 1.17 bits per heavy atom. The van der Waals surface area contributed by atoms with Crippen molar-refractivity contribution in [2.45, 2.75) is 90.6 Å². The van der Waals surface area contributed by atoms with Crippen molar-refractivity contribution in [3.8, 4) is 0 Å². The van der Waals surface area contributed by atoms with Gasteiger partial charge in [-0.05, 0) is 57.1 Å². The van der Waals surface area contributed by atoms with Crippen molar-refractivity contribution in [1.82, 2.24) is 4.90 Å². The molecule has 2 atom stereocenters. The summed E-state index contributed by atoms with van der Waals surface area (Å²) in [5.74, 6) is 0. The van der Waals surface area contributed by atoms with E-state index >= 15 is 0 Å². The van der Waals surface area contributed by atoms with Crippen LogP contribution in [0.1, 0.15) is 79.1 Å². The van der Waals surface area contributed by atoms with Gasteiger partial charge in [0.15, 0.2) is 0 Å². The standard InChI is InChI=1S/C17H31N/c1-5-6-7-8-14-18-15-10-9-11-17(18,4)13-12-16(15,2)3/h8,14-15H,5-7,9-13H2,1-4H3/b14-8-. The van der Waals surface area contributed by atoms with Crippen molar-refractivity contribution in [1.29, 1.82) is 0 Å². The summed E-state index contributed by atoms with van der Waals surface area (Å²) in [6, 6.07) is 0.767. The van der Waals surface area contributed by atoms with Gasteiger partial charge in [-0.1, -0.05) is 39.7 Å². The van der Waals surface area contributed by atoms with Gasteiger partial charge in [-0.15, -0.1) is 0 Å². The minimum Gasteiger partial charge on any atom is -0.369 e. The molecule has 2 aliphatic rings. The molecule has 1 heteroatoms. The number of unbranched alkanes of at least 4 members (excludes halogenated alkanes) is 2. The van der Waals surface area contributed by atoms with Gasteiger partial charge in [-0.3, -0.25) is 0 Å². The third-order valence-corrected chi connectivity index (χ3v) is 5.35. The maximum atomic E-state index is 2.73. The molecule has 0 aromatic rings. The Morgan fingerprint density at radius 2 is 1.94 bits per heavy atom. The number of allylic oxidation sites excluding steroid dienone is 1. The molecule has 2 bridgehead atoms. The van der Waals surface area contributed by atoms with Gasteiger partial charge < -0.3 is 4.90 Å². The first-order valence-electron chi connectivity index (χ1n) is 7.95. The van der Waals surface area contributed by atoms with E-state index in [9.17, 15) is 0 Å². The van der Waals surface area contributed by atoms with E-state index in [0.29, 0.717) is 11.0 Å². The topological polar surface area (TPSA) is 3.24 Å². The first-order chi connectivity index (χ1) is 8.49. The zero-order valence-corrected chi connectivity index (χ0v) is 12.8. The summed E-state index contributed by atoms with van der Waals surface area (Å²) in [6.45, 7) is 9.69.